The quantitative estimate of drug-likeness (QED) is 0.628. The number of hydrogen-bond donors (Lipinski definition) is 1. The molecule has 0 aliphatic carbocycles. The molecule has 0 saturated carbocycles. The first kappa shape index (κ1) is 20.3. The molecular weight excluding hydrogens is 411 g/mol. The van der Waals surface area contributed by atoms with E-state index in [1.807, 2.05) is 11.8 Å². The van der Waals surface area contributed by atoms with E-state index in [0.717, 1.165) is 0 Å². The van der Waals surface area contributed by atoms with Crippen molar-refractivity contribution in [2.45, 2.75) is 19.1 Å². The third-order valence-corrected chi connectivity index (χ3v) is 5.12. The van der Waals surface area contributed by atoms with Gasteiger partial charge in [0.05, 0.1) is 30.3 Å². The minimum absolute atomic E-state index is 0.0669. The maximum absolute atomic E-state index is 14.5. The topological polar surface area (TPSA) is 63.4 Å². The predicted octanol–water partition coefficient (Wildman–Crippen LogP) is 3.86. The first-order valence-corrected chi connectivity index (χ1v) is 9.05. The Labute approximate surface area is 167 Å². The number of benzene rings is 1. The number of alkyl halides is 3. The molecule has 1 atom stereocenters. The average molecular weight is 428 g/mol. The fourth-order valence-corrected chi connectivity index (χ4v) is 3.57. The zero-order chi connectivity index (χ0) is 21.8. The van der Waals surface area contributed by atoms with Crippen molar-refractivity contribution in [2.24, 2.45) is 7.05 Å². The minimum atomic E-state index is -5.12. The van der Waals surface area contributed by atoms with Crippen LogP contribution >= 0.6 is 0 Å². The lowest BCUT2D eigenvalue weighted by Crippen LogP contribution is -2.44. The highest BCUT2D eigenvalue weighted by Gasteiger charge is 2.38. The Bertz CT molecular complexity index is 1130. The number of aryl methyl sites for hydroxylation is 1. The molecule has 1 N–H and O–H groups in total. The molecule has 0 bridgehead atoms. The van der Waals surface area contributed by atoms with E-state index < -0.39 is 34.7 Å². The third kappa shape index (κ3) is 3.22. The molecule has 1 fully saturated rings. The average Bonchev–Trinajstić information content (AvgIpc) is 3.01. The third-order valence-electron chi connectivity index (χ3n) is 5.12. The molecule has 11 heteroatoms. The molecule has 2 aromatic heterocycles. The van der Waals surface area contributed by atoms with Gasteiger partial charge in [-0.1, -0.05) is 0 Å². The molecule has 0 amide bonds. The van der Waals surface area contributed by atoms with Gasteiger partial charge in [-0.15, -0.1) is 0 Å². The summed E-state index contributed by atoms with van der Waals surface area (Å²) < 4.78 is 74.5. The van der Waals surface area contributed by atoms with E-state index in [9.17, 15) is 27.1 Å². The highest BCUT2D eigenvalue weighted by Crippen LogP contribution is 2.41. The molecule has 0 spiro atoms. The van der Waals surface area contributed by atoms with Gasteiger partial charge in [0.25, 0.3) is 0 Å². The van der Waals surface area contributed by atoms with Gasteiger partial charge in [-0.25, -0.2) is 13.8 Å². The number of ether oxygens (including phenoxy) is 1. The zero-order valence-corrected chi connectivity index (χ0v) is 16.0. The van der Waals surface area contributed by atoms with Crippen LogP contribution in [0.25, 0.3) is 22.2 Å². The summed E-state index contributed by atoms with van der Waals surface area (Å²) in [6, 6.07) is 2.07. The van der Waals surface area contributed by atoms with Crippen LogP contribution in [0.5, 0.6) is 5.75 Å². The summed E-state index contributed by atoms with van der Waals surface area (Å²) in [5.41, 5.74) is -2.13. The Balaban J connectivity index is 1.88. The van der Waals surface area contributed by atoms with Gasteiger partial charge in [-0.3, -0.25) is 4.68 Å². The standard InChI is InChI=1S/C19H17F5N4O2/c1-9-8-30-4-3-28(9)14-6-13-11(7-25-14)17(26-27(13)2)10-5-12(19(22,23)24)16(21)18(29)15(10)20/h5-7,9,29H,3-4,8H2,1-2H3/t9-/m1/s1. The van der Waals surface area contributed by atoms with Crippen molar-refractivity contribution in [1.82, 2.24) is 14.8 Å². The van der Waals surface area contributed by atoms with Crippen molar-refractivity contribution in [3.8, 4) is 17.0 Å². The maximum atomic E-state index is 14.5. The number of rotatable bonds is 2. The van der Waals surface area contributed by atoms with Crippen molar-refractivity contribution in [3.05, 3.63) is 35.5 Å². The summed E-state index contributed by atoms with van der Waals surface area (Å²) in [4.78, 5) is 6.37. The molecule has 1 saturated heterocycles. The molecule has 6 nitrogen and oxygen atoms in total. The Morgan fingerprint density at radius 3 is 2.60 bits per heavy atom. The molecule has 0 radical (unpaired) electrons. The lowest BCUT2D eigenvalue weighted by molar-refractivity contribution is -0.140. The van der Waals surface area contributed by atoms with Crippen LogP contribution in [0.4, 0.5) is 27.8 Å². The van der Waals surface area contributed by atoms with Crippen molar-refractivity contribution in [3.63, 3.8) is 0 Å². The van der Waals surface area contributed by atoms with E-state index in [4.69, 9.17) is 4.74 Å². The molecule has 1 aliphatic heterocycles. The lowest BCUT2D eigenvalue weighted by atomic mass is 10.0. The predicted molar refractivity (Wildman–Crippen MR) is 98.2 cm³/mol. The molecule has 4 rings (SSSR count). The van der Waals surface area contributed by atoms with Gasteiger partial charge in [0, 0.05) is 36.8 Å². The van der Waals surface area contributed by atoms with E-state index in [1.54, 1.807) is 13.1 Å². The fraction of sp³-hybridized carbons (Fsp3) is 0.368. The number of pyridine rings is 1. The largest absolute Gasteiger partial charge is 0.503 e. The normalized spacial score (nSPS) is 17.7. The fourth-order valence-electron chi connectivity index (χ4n) is 3.57. The number of fused-ring (bicyclic) bond motifs is 1. The van der Waals surface area contributed by atoms with Crippen LogP contribution in [0.15, 0.2) is 18.3 Å². The van der Waals surface area contributed by atoms with Gasteiger partial charge in [0.15, 0.2) is 17.4 Å². The number of anilines is 1. The number of phenols is 1. The minimum Gasteiger partial charge on any atom is -0.503 e. The van der Waals surface area contributed by atoms with Crippen LogP contribution in [-0.2, 0) is 18.0 Å². The van der Waals surface area contributed by atoms with E-state index in [1.165, 1.54) is 10.9 Å². The van der Waals surface area contributed by atoms with Crippen LogP contribution in [0.1, 0.15) is 12.5 Å². The highest BCUT2D eigenvalue weighted by molar-refractivity contribution is 5.94. The second kappa shape index (κ2) is 7.08. The molecule has 0 unspecified atom stereocenters. The highest BCUT2D eigenvalue weighted by atomic mass is 19.4. The molecule has 30 heavy (non-hydrogen) atoms. The Morgan fingerprint density at radius 2 is 1.93 bits per heavy atom. The van der Waals surface area contributed by atoms with Crippen molar-refractivity contribution in [2.75, 3.05) is 24.7 Å². The second-order valence-electron chi connectivity index (χ2n) is 7.10. The zero-order valence-electron chi connectivity index (χ0n) is 16.0. The number of halogens is 5. The Morgan fingerprint density at radius 1 is 1.20 bits per heavy atom. The van der Waals surface area contributed by atoms with Gasteiger partial charge in [-0.2, -0.15) is 18.3 Å². The molecule has 160 valence electrons. The molecule has 3 heterocycles. The van der Waals surface area contributed by atoms with E-state index in [2.05, 4.69) is 10.1 Å². The summed E-state index contributed by atoms with van der Waals surface area (Å²) >= 11 is 0. The Hall–Kier alpha value is -2.95. The monoisotopic (exact) mass is 428 g/mol. The van der Waals surface area contributed by atoms with Gasteiger partial charge >= 0.3 is 6.18 Å². The smallest absolute Gasteiger partial charge is 0.419 e. The summed E-state index contributed by atoms with van der Waals surface area (Å²) in [6.45, 7) is 3.63. The summed E-state index contributed by atoms with van der Waals surface area (Å²) in [5.74, 6) is -4.67. The van der Waals surface area contributed by atoms with Gasteiger partial charge in [0.2, 0.25) is 0 Å². The SMILES string of the molecule is C[C@@H]1COCCN1c1cc2c(cn1)c(-c1cc(C(F)(F)F)c(F)c(O)c1F)nn2C. The van der Waals surface area contributed by atoms with Crippen LogP contribution in [0.3, 0.4) is 0 Å². The van der Waals surface area contributed by atoms with Crippen molar-refractivity contribution in [1.29, 1.82) is 0 Å². The van der Waals surface area contributed by atoms with Crippen molar-refractivity contribution >= 4 is 16.7 Å². The number of morpholine rings is 1. The number of nitrogens with zero attached hydrogens (tertiary/aromatic N) is 4. The van der Waals surface area contributed by atoms with Crippen LogP contribution in [0.2, 0.25) is 0 Å². The first-order valence-electron chi connectivity index (χ1n) is 9.05. The van der Waals surface area contributed by atoms with Gasteiger partial charge in [-0.05, 0) is 13.0 Å². The van der Waals surface area contributed by atoms with Crippen LogP contribution < -0.4 is 4.90 Å². The molecule has 3 aromatic rings. The number of aromatic nitrogens is 3. The summed E-state index contributed by atoms with van der Waals surface area (Å²) in [5, 5.41) is 14.0. The maximum Gasteiger partial charge on any atom is 0.419 e. The number of hydrogen-bond acceptors (Lipinski definition) is 5. The lowest BCUT2D eigenvalue weighted by Gasteiger charge is -2.34. The summed E-state index contributed by atoms with van der Waals surface area (Å²) in [6.07, 6.45) is -3.74. The van der Waals surface area contributed by atoms with Gasteiger partial charge in [0.1, 0.15) is 11.5 Å². The van der Waals surface area contributed by atoms with Gasteiger partial charge < -0.3 is 14.7 Å². The Kier molecular flexibility index (Phi) is 4.80. The van der Waals surface area contributed by atoms with E-state index in [0.29, 0.717) is 37.2 Å². The van der Waals surface area contributed by atoms with Crippen LogP contribution in [0, 0.1) is 11.6 Å². The van der Waals surface area contributed by atoms with E-state index >= 15 is 0 Å². The molecular formula is C19H17F5N4O2. The molecule has 1 aromatic carbocycles. The van der Waals surface area contributed by atoms with Crippen LogP contribution in [-0.4, -0.2) is 45.7 Å². The summed E-state index contributed by atoms with van der Waals surface area (Å²) in [7, 11) is 1.55. The number of aromatic hydroxyl groups is 1. The molecule has 1 aliphatic rings. The first-order chi connectivity index (χ1) is 14.1. The number of phenolic OH excluding ortho intramolecular Hbond substituents is 1. The second-order valence-corrected chi connectivity index (χ2v) is 7.10. The van der Waals surface area contributed by atoms with E-state index in [-0.39, 0.29) is 17.1 Å². The van der Waals surface area contributed by atoms with Crippen molar-refractivity contribution < 1.29 is 31.8 Å².